The maximum atomic E-state index is 3.91. The molecule has 1 aliphatic heterocycles. The summed E-state index contributed by atoms with van der Waals surface area (Å²) in [6.07, 6.45) is 18.7. The molecule has 23 heavy (non-hydrogen) atoms. The molecule has 2 fully saturated rings. The average Bonchev–Trinajstić information content (AvgIpc) is 2.59. The highest BCUT2D eigenvalue weighted by atomic mass is 15.0. The van der Waals surface area contributed by atoms with Crippen molar-refractivity contribution in [3.63, 3.8) is 0 Å². The van der Waals surface area contributed by atoms with E-state index >= 15 is 0 Å². The van der Waals surface area contributed by atoms with Gasteiger partial charge in [0.2, 0.25) is 0 Å². The summed E-state index contributed by atoms with van der Waals surface area (Å²) >= 11 is 0. The molecule has 136 valence electrons. The van der Waals surface area contributed by atoms with E-state index in [1.54, 1.807) is 0 Å². The van der Waals surface area contributed by atoms with Gasteiger partial charge in [-0.1, -0.05) is 78.1 Å². The van der Waals surface area contributed by atoms with E-state index in [0.29, 0.717) is 6.04 Å². The zero-order valence-corrected chi connectivity index (χ0v) is 15.9. The largest absolute Gasteiger partial charge is 0.313 e. The smallest absolute Gasteiger partial charge is 0.0252 e. The Morgan fingerprint density at radius 1 is 0.913 bits per heavy atom. The molecule has 1 saturated carbocycles. The third kappa shape index (κ3) is 6.38. The Labute approximate surface area is 145 Å². The highest BCUT2D eigenvalue weighted by Crippen LogP contribution is 2.38. The van der Waals surface area contributed by atoms with Crippen LogP contribution in [-0.4, -0.2) is 25.2 Å². The molecular weight excluding hydrogens is 280 g/mol. The van der Waals surface area contributed by atoms with Crippen molar-refractivity contribution in [1.82, 2.24) is 10.6 Å². The molecule has 1 heterocycles. The van der Waals surface area contributed by atoms with Crippen LogP contribution in [0.2, 0.25) is 0 Å². The van der Waals surface area contributed by atoms with Crippen LogP contribution in [0.5, 0.6) is 0 Å². The number of nitrogens with one attached hydrogen (secondary N) is 2. The quantitative estimate of drug-likeness (QED) is 0.506. The third-order valence-electron chi connectivity index (χ3n) is 6.34. The molecule has 2 rings (SSSR count). The minimum atomic E-state index is 0.710. The molecule has 2 N–H and O–H groups in total. The molecule has 0 radical (unpaired) electrons. The first-order chi connectivity index (χ1) is 11.4. The highest BCUT2D eigenvalue weighted by Gasteiger charge is 2.37. The van der Waals surface area contributed by atoms with E-state index in [1.807, 2.05) is 0 Å². The van der Waals surface area contributed by atoms with Crippen molar-refractivity contribution in [2.45, 2.75) is 109 Å². The van der Waals surface area contributed by atoms with Crippen LogP contribution in [0, 0.1) is 11.8 Å². The summed E-state index contributed by atoms with van der Waals surface area (Å²) in [4.78, 5) is 0. The summed E-state index contributed by atoms with van der Waals surface area (Å²) in [7, 11) is 0. The zero-order chi connectivity index (χ0) is 16.3. The number of likely N-dealkylation sites (N-methyl/N-ethyl adjacent to an activating group) is 1. The van der Waals surface area contributed by atoms with Crippen LogP contribution in [-0.2, 0) is 0 Å². The normalized spacial score (nSPS) is 29.2. The van der Waals surface area contributed by atoms with Gasteiger partial charge in [0.1, 0.15) is 0 Å². The lowest BCUT2D eigenvalue weighted by Crippen LogP contribution is -2.57. The van der Waals surface area contributed by atoms with Gasteiger partial charge in [-0.2, -0.15) is 0 Å². The molecule has 0 bridgehead atoms. The van der Waals surface area contributed by atoms with Crippen molar-refractivity contribution in [2.75, 3.05) is 13.1 Å². The van der Waals surface area contributed by atoms with E-state index in [2.05, 4.69) is 24.5 Å². The van der Waals surface area contributed by atoms with Crippen LogP contribution in [0.1, 0.15) is 97.3 Å². The lowest BCUT2D eigenvalue weighted by molar-refractivity contribution is 0.107. The van der Waals surface area contributed by atoms with Gasteiger partial charge in [-0.3, -0.25) is 0 Å². The van der Waals surface area contributed by atoms with Gasteiger partial charge in [-0.05, 0) is 44.2 Å². The van der Waals surface area contributed by atoms with E-state index in [4.69, 9.17) is 0 Å². The van der Waals surface area contributed by atoms with Crippen molar-refractivity contribution < 1.29 is 0 Å². The second kappa shape index (κ2) is 11.5. The predicted molar refractivity (Wildman–Crippen MR) is 102 cm³/mol. The summed E-state index contributed by atoms with van der Waals surface area (Å²) in [5, 5.41) is 7.74. The number of hydrogen-bond acceptors (Lipinski definition) is 2. The molecule has 0 aromatic carbocycles. The van der Waals surface area contributed by atoms with Gasteiger partial charge in [0.15, 0.2) is 0 Å². The van der Waals surface area contributed by atoms with E-state index < -0.39 is 0 Å². The molecule has 2 heteroatoms. The topological polar surface area (TPSA) is 24.1 Å². The first kappa shape index (κ1) is 19.2. The number of fused-ring (bicyclic) bond motifs is 1. The van der Waals surface area contributed by atoms with Crippen LogP contribution in [0.4, 0.5) is 0 Å². The summed E-state index contributed by atoms with van der Waals surface area (Å²) < 4.78 is 0. The van der Waals surface area contributed by atoms with E-state index in [1.165, 1.54) is 90.0 Å². The maximum Gasteiger partial charge on any atom is 0.0252 e. The third-order valence-corrected chi connectivity index (χ3v) is 6.34. The van der Waals surface area contributed by atoms with Gasteiger partial charge >= 0.3 is 0 Å². The monoisotopic (exact) mass is 322 g/mol. The Balaban J connectivity index is 1.73. The second-order valence-electron chi connectivity index (χ2n) is 8.05. The Kier molecular flexibility index (Phi) is 9.60. The van der Waals surface area contributed by atoms with Gasteiger partial charge in [-0.25, -0.2) is 0 Å². The Hall–Kier alpha value is -0.0800. The summed E-state index contributed by atoms with van der Waals surface area (Å²) in [5.41, 5.74) is 0. The van der Waals surface area contributed by atoms with Gasteiger partial charge in [0.25, 0.3) is 0 Å². The highest BCUT2D eigenvalue weighted by molar-refractivity contribution is 4.95. The number of unbranched alkanes of at least 4 members (excludes halogenated alkanes) is 6. The van der Waals surface area contributed by atoms with Gasteiger partial charge in [-0.15, -0.1) is 0 Å². The molecule has 4 unspecified atom stereocenters. The van der Waals surface area contributed by atoms with Gasteiger partial charge in [0.05, 0.1) is 0 Å². The van der Waals surface area contributed by atoms with E-state index in [0.717, 1.165) is 24.4 Å². The zero-order valence-electron chi connectivity index (χ0n) is 15.9. The fourth-order valence-corrected chi connectivity index (χ4v) is 5.09. The lowest BCUT2D eigenvalue weighted by Gasteiger charge is -2.45. The van der Waals surface area contributed by atoms with Crippen molar-refractivity contribution in [3.05, 3.63) is 0 Å². The summed E-state index contributed by atoms with van der Waals surface area (Å²) in [6, 6.07) is 1.45. The Morgan fingerprint density at radius 2 is 1.65 bits per heavy atom. The fourth-order valence-electron chi connectivity index (χ4n) is 5.09. The second-order valence-corrected chi connectivity index (χ2v) is 8.05. The molecule has 2 nitrogen and oxygen atoms in total. The van der Waals surface area contributed by atoms with Crippen molar-refractivity contribution in [3.8, 4) is 0 Å². The SMILES string of the molecule is CCCCCCCCCC(NCC)C1NCCC2CCCCC21. The molecule has 0 aromatic rings. The molecule has 0 amide bonds. The van der Waals surface area contributed by atoms with Crippen molar-refractivity contribution in [2.24, 2.45) is 11.8 Å². The molecule has 0 spiro atoms. The van der Waals surface area contributed by atoms with Crippen molar-refractivity contribution in [1.29, 1.82) is 0 Å². The van der Waals surface area contributed by atoms with E-state index in [9.17, 15) is 0 Å². The Morgan fingerprint density at radius 3 is 2.43 bits per heavy atom. The fraction of sp³-hybridized carbons (Fsp3) is 1.00. The van der Waals surface area contributed by atoms with Gasteiger partial charge < -0.3 is 10.6 Å². The molecule has 0 aromatic heterocycles. The average molecular weight is 323 g/mol. The Bertz CT molecular complexity index is 290. The van der Waals surface area contributed by atoms with Gasteiger partial charge in [0, 0.05) is 12.1 Å². The van der Waals surface area contributed by atoms with Crippen LogP contribution >= 0.6 is 0 Å². The standard InChI is InChI=1S/C21H42N2/c1-3-5-6-7-8-9-10-15-20(22-4-2)21-19-14-12-11-13-18(19)16-17-23-21/h18-23H,3-17H2,1-2H3. The predicted octanol–water partition coefficient (Wildman–Crippen LogP) is 5.27. The molecule has 1 saturated heterocycles. The first-order valence-electron chi connectivity index (χ1n) is 10.8. The number of piperidine rings is 1. The molecular formula is C21H42N2. The van der Waals surface area contributed by atoms with Crippen LogP contribution in [0.3, 0.4) is 0 Å². The van der Waals surface area contributed by atoms with Crippen LogP contribution in [0.25, 0.3) is 0 Å². The number of hydrogen-bond donors (Lipinski definition) is 2. The van der Waals surface area contributed by atoms with Crippen molar-refractivity contribution >= 4 is 0 Å². The summed E-state index contributed by atoms with van der Waals surface area (Å²) in [6.45, 7) is 6.96. The molecule has 4 atom stereocenters. The summed E-state index contributed by atoms with van der Waals surface area (Å²) in [5.74, 6) is 1.97. The molecule has 2 aliphatic rings. The lowest BCUT2D eigenvalue weighted by atomic mass is 9.69. The maximum absolute atomic E-state index is 3.91. The van der Waals surface area contributed by atoms with Crippen LogP contribution < -0.4 is 10.6 Å². The minimum absolute atomic E-state index is 0.710. The van der Waals surface area contributed by atoms with E-state index in [-0.39, 0.29) is 0 Å². The van der Waals surface area contributed by atoms with Crippen LogP contribution in [0.15, 0.2) is 0 Å². The number of rotatable bonds is 11. The minimum Gasteiger partial charge on any atom is -0.313 e. The first-order valence-corrected chi connectivity index (χ1v) is 10.8. The molecule has 1 aliphatic carbocycles.